The van der Waals surface area contributed by atoms with Gasteiger partial charge in [-0.15, -0.1) is 0 Å². The van der Waals surface area contributed by atoms with Gasteiger partial charge in [-0.25, -0.2) is 0 Å². The van der Waals surface area contributed by atoms with Crippen LogP contribution in [0.1, 0.15) is 20.3 Å². The Morgan fingerprint density at radius 2 is 1.90 bits per heavy atom. The Balaban J connectivity index is 2.15. The average molecular weight is 287 g/mol. The van der Waals surface area contributed by atoms with Crippen molar-refractivity contribution in [2.24, 2.45) is 5.73 Å². The molecule has 4 heteroatoms. The van der Waals surface area contributed by atoms with Crippen molar-refractivity contribution in [3.63, 3.8) is 0 Å². The molecular weight excluding hydrogens is 266 g/mol. The maximum absolute atomic E-state index is 11.6. The highest BCUT2D eigenvalue weighted by Crippen LogP contribution is 2.27. The third kappa shape index (κ3) is 3.52. The molecule has 0 aromatic heterocycles. The number of carbonyl (C=O) groups is 1. The second-order valence-electron chi connectivity index (χ2n) is 5.52. The summed E-state index contributed by atoms with van der Waals surface area (Å²) in [5.41, 5.74) is 4.93. The van der Waals surface area contributed by atoms with Crippen molar-refractivity contribution in [3.05, 3.63) is 42.5 Å². The minimum Gasteiger partial charge on any atom is -0.490 e. The number of hydrogen-bond donors (Lipinski definition) is 1. The number of esters is 1. The quantitative estimate of drug-likeness (QED) is 0.859. The molecule has 21 heavy (non-hydrogen) atoms. The highest BCUT2D eigenvalue weighted by molar-refractivity contribution is 5.88. The summed E-state index contributed by atoms with van der Waals surface area (Å²) in [7, 11) is 1.34. The van der Waals surface area contributed by atoms with Crippen LogP contribution in [0.25, 0.3) is 10.8 Å². The van der Waals surface area contributed by atoms with Crippen LogP contribution in [0, 0.1) is 0 Å². The van der Waals surface area contributed by atoms with E-state index >= 15 is 0 Å². The molecule has 2 unspecified atom stereocenters. The second-order valence-corrected chi connectivity index (χ2v) is 5.52. The number of benzene rings is 2. The van der Waals surface area contributed by atoms with Gasteiger partial charge < -0.3 is 15.2 Å². The van der Waals surface area contributed by atoms with E-state index < -0.39 is 11.5 Å². The van der Waals surface area contributed by atoms with Crippen molar-refractivity contribution in [2.75, 3.05) is 7.11 Å². The Labute approximate surface area is 124 Å². The Bertz CT molecular complexity index is 631. The first-order valence-electron chi connectivity index (χ1n) is 6.96. The molecular formula is C17H21NO3. The Morgan fingerprint density at radius 1 is 1.24 bits per heavy atom. The molecule has 2 aromatic rings. The summed E-state index contributed by atoms with van der Waals surface area (Å²) < 4.78 is 10.7. The molecule has 2 aromatic carbocycles. The van der Waals surface area contributed by atoms with Gasteiger partial charge in [-0.2, -0.15) is 0 Å². The summed E-state index contributed by atoms with van der Waals surface area (Å²) in [6.45, 7) is 3.55. The van der Waals surface area contributed by atoms with Gasteiger partial charge in [-0.05, 0) is 25.3 Å². The summed E-state index contributed by atoms with van der Waals surface area (Å²) in [5.74, 6) is 0.358. The minimum atomic E-state index is -1.06. The predicted octanol–water partition coefficient (Wildman–Crippen LogP) is 2.89. The fourth-order valence-corrected chi connectivity index (χ4v) is 2.47. The topological polar surface area (TPSA) is 61.5 Å². The summed E-state index contributed by atoms with van der Waals surface area (Å²) in [6, 6.07) is 13.9. The molecule has 0 heterocycles. The molecule has 0 aliphatic heterocycles. The number of nitrogens with two attached hydrogens (primary N) is 1. The Kier molecular flexibility index (Phi) is 4.48. The SMILES string of the molecule is COC(=O)C(C)(N)CC(C)Oc1cccc2ccccc12. The first kappa shape index (κ1) is 15.3. The molecule has 4 nitrogen and oxygen atoms in total. The van der Waals surface area contributed by atoms with Crippen molar-refractivity contribution in [1.82, 2.24) is 0 Å². The maximum Gasteiger partial charge on any atom is 0.325 e. The van der Waals surface area contributed by atoms with Gasteiger partial charge in [-0.3, -0.25) is 4.79 Å². The van der Waals surface area contributed by atoms with Crippen LogP contribution < -0.4 is 10.5 Å². The highest BCUT2D eigenvalue weighted by atomic mass is 16.5. The monoisotopic (exact) mass is 287 g/mol. The molecule has 112 valence electrons. The molecule has 0 bridgehead atoms. The smallest absolute Gasteiger partial charge is 0.325 e. The Hall–Kier alpha value is -2.07. The first-order valence-corrected chi connectivity index (χ1v) is 6.96. The van der Waals surface area contributed by atoms with Crippen LogP contribution >= 0.6 is 0 Å². The van der Waals surface area contributed by atoms with Gasteiger partial charge in [0, 0.05) is 11.8 Å². The molecule has 0 aliphatic carbocycles. The largest absolute Gasteiger partial charge is 0.490 e. The number of carbonyl (C=O) groups excluding carboxylic acids is 1. The van der Waals surface area contributed by atoms with Crippen molar-refractivity contribution >= 4 is 16.7 Å². The summed E-state index contributed by atoms with van der Waals surface area (Å²) >= 11 is 0. The summed E-state index contributed by atoms with van der Waals surface area (Å²) in [4.78, 5) is 11.6. The van der Waals surface area contributed by atoms with E-state index in [-0.39, 0.29) is 6.10 Å². The molecule has 2 rings (SSSR count). The van der Waals surface area contributed by atoms with Crippen LogP contribution in [0.15, 0.2) is 42.5 Å². The number of hydrogen-bond acceptors (Lipinski definition) is 4. The third-order valence-electron chi connectivity index (χ3n) is 3.44. The van der Waals surface area contributed by atoms with Gasteiger partial charge in [0.25, 0.3) is 0 Å². The van der Waals surface area contributed by atoms with E-state index in [1.54, 1.807) is 6.92 Å². The predicted molar refractivity (Wildman–Crippen MR) is 83.3 cm³/mol. The summed E-state index contributed by atoms with van der Waals surface area (Å²) in [5, 5.41) is 2.16. The highest BCUT2D eigenvalue weighted by Gasteiger charge is 2.32. The van der Waals surface area contributed by atoms with Gasteiger partial charge >= 0.3 is 5.97 Å². The lowest BCUT2D eigenvalue weighted by Crippen LogP contribution is -2.48. The van der Waals surface area contributed by atoms with E-state index in [2.05, 4.69) is 0 Å². The maximum atomic E-state index is 11.6. The van der Waals surface area contributed by atoms with Crippen LogP contribution in [0.5, 0.6) is 5.75 Å². The van der Waals surface area contributed by atoms with E-state index in [1.165, 1.54) is 7.11 Å². The van der Waals surface area contributed by atoms with E-state index in [1.807, 2.05) is 49.4 Å². The van der Waals surface area contributed by atoms with Crippen LogP contribution in [0.4, 0.5) is 0 Å². The zero-order chi connectivity index (χ0) is 15.5. The average Bonchev–Trinajstić information content (AvgIpc) is 2.46. The standard InChI is InChI=1S/C17H21NO3/c1-12(11-17(2,18)16(19)20-3)21-15-10-6-8-13-7-4-5-9-14(13)15/h4-10,12H,11,18H2,1-3H3. The van der Waals surface area contributed by atoms with Crippen LogP contribution in [0.3, 0.4) is 0 Å². The number of ether oxygens (including phenoxy) is 2. The summed E-state index contributed by atoms with van der Waals surface area (Å²) in [6.07, 6.45) is 0.174. The number of fused-ring (bicyclic) bond motifs is 1. The van der Waals surface area contributed by atoms with Crippen LogP contribution in [0.2, 0.25) is 0 Å². The van der Waals surface area contributed by atoms with Gasteiger partial charge in [0.15, 0.2) is 0 Å². The fourth-order valence-electron chi connectivity index (χ4n) is 2.47. The lowest BCUT2D eigenvalue weighted by molar-refractivity contribution is -0.147. The van der Waals surface area contributed by atoms with Crippen molar-refractivity contribution in [3.8, 4) is 5.75 Å². The molecule has 0 spiro atoms. The number of rotatable bonds is 5. The van der Waals surface area contributed by atoms with Crippen LogP contribution in [-0.4, -0.2) is 24.7 Å². The lowest BCUT2D eigenvalue weighted by Gasteiger charge is -2.26. The van der Waals surface area contributed by atoms with Crippen molar-refractivity contribution < 1.29 is 14.3 Å². The molecule has 0 amide bonds. The Morgan fingerprint density at radius 3 is 2.62 bits per heavy atom. The van der Waals surface area contributed by atoms with E-state index in [0.717, 1.165) is 16.5 Å². The molecule has 2 N–H and O–H groups in total. The molecule has 0 aliphatic rings. The molecule has 2 atom stereocenters. The van der Waals surface area contributed by atoms with Gasteiger partial charge in [0.2, 0.25) is 0 Å². The van der Waals surface area contributed by atoms with Crippen molar-refractivity contribution in [2.45, 2.75) is 31.9 Å². The van der Waals surface area contributed by atoms with Gasteiger partial charge in [0.1, 0.15) is 11.3 Å². The van der Waals surface area contributed by atoms with E-state index in [4.69, 9.17) is 15.2 Å². The van der Waals surface area contributed by atoms with Gasteiger partial charge in [0.05, 0.1) is 13.2 Å². The molecule has 0 saturated heterocycles. The van der Waals surface area contributed by atoms with Gasteiger partial charge in [-0.1, -0.05) is 36.4 Å². The van der Waals surface area contributed by atoms with E-state index in [9.17, 15) is 4.79 Å². The normalized spacial score (nSPS) is 15.2. The fraction of sp³-hybridized carbons (Fsp3) is 0.353. The molecule has 0 saturated carbocycles. The lowest BCUT2D eigenvalue weighted by atomic mass is 9.96. The van der Waals surface area contributed by atoms with Crippen LogP contribution in [-0.2, 0) is 9.53 Å². The third-order valence-corrected chi connectivity index (χ3v) is 3.44. The molecule has 0 radical (unpaired) electrons. The second kappa shape index (κ2) is 6.14. The minimum absolute atomic E-state index is 0.204. The molecule has 0 fully saturated rings. The first-order chi connectivity index (χ1) is 9.94. The number of methoxy groups -OCH3 is 1. The van der Waals surface area contributed by atoms with Crippen molar-refractivity contribution in [1.29, 1.82) is 0 Å². The van der Waals surface area contributed by atoms with E-state index in [0.29, 0.717) is 6.42 Å². The zero-order valence-electron chi connectivity index (χ0n) is 12.6. The zero-order valence-corrected chi connectivity index (χ0v) is 12.6.